The van der Waals surface area contributed by atoms with Crippen molar-refractivity contribution in [2.45, 2.75) is 6.54 Å². The molecule has 1 amide bonds. The summed E-state index contributed by atoms with van der Waals surface area (Å²) < 4.78 is 17.8. The number of anilines is 1. The average molecular weight is 467 g/mol. The quantitative estimate of drug-likeness (QED) is 0.461. The van der Waals surface area contributed by atoms with Gasteiger partial charge in [0.1, 0.15) is 12.4 Å². The average Bonchev–Trinajstić information content (AvgIpc) is 3.18. The Hall–Kier alpha value is -2.86. The number of aryl methyl sites for hydroxylation is 1. The molecule has 0 atom stereocenters. The molecule has 1 aromatic carbocycles. The Labute approximate surface area is 168 Å². The Bertz CT molecular complexity index is 1390. The molecule has 144 valence electrons. The van der Waals surface area contributed by atoms with Crippen LogP contribution in [0, 0.1) is 5.82 Å². The summed E-state index contributed by atoms with van der Waals surface area (Å²) in [7, 11) is 2.86. The van der Waals surface area contributed by atoms with Gasteiger partial charge in [-0.15, -0.1) is 0 Å². The Morgan fingerprint density at radius 2 is 2.00 bits per heavy atom. The number of benzene rings is 1. The van der Waals surface area contributed by atoms with Gasteiger partial charge in [-0.05, 0) is 34.1 Å². The number of imidazole rings is 1. The monoisotopic (exact) mass is 466 g/mol. The number of hydrogen-bond donors (Lipinski definition) is 1. The van der Waals surface area contributed by atoms with Crippen molar-refractivity contribution in [1.29, 1.82) is 0 Å². The van der Waals surface area contributed by atoms with Crippen LogP contribution in [-0.4, -0.2) is 29.6 Å². The van der Waals surface area contributed by atoms with Gasteiger partial charge in [0, 0.05) is 14.1 Å². The Kier molecular flexibility index (Phi) is 4.38. The molecule has 9 nitrogen and oxygen atoms in total. The molecule has 0 saturated heterocycles. The molecule has 0 saturated carbocycles. The van der Waals surface area contributed by atoms with Crippen molar-refractivity contribution >= 4 is 59.7 Å². The first kappa shape index (κ1) is 18.5. The second kappa shape index (κ2) is 6.63. The van der Waals surface area contributed by atoms with Gasteiger partial charge in [0.2, 0.25) is 5.91 Å². The first-order valence-corrected chi connectivity index (χ1v) is 9.55. The number of nitrogens with one attached hydrogen (secondary N) is 1. The molecule has 0 fully saturated rings. The number of nitrogens with zero attached hydrogens (tertiary/aromatic N) is 5. The maximum Gasteiger partial charge on any atom is 0.332 e. The van der Waals surface area contributed by atoms with Crippen molar-refractivity contribution < 1.29 is 9.18 Å². The zero-order valence-electron chi connectivity index (χ0n) is 14.6. The SMILES string of the molecule is Cn1c(=O)c2nc(Br)n(CC(=O)Nc3nc4ccc(F)cc4s3)c2n(C)c1=O. The van der Waals surface area contributed by atoms with Gasteiger partial charge in [-0.1, -0.05) is 11.3 Å². The number of carbonyl (C=O) groups excluding carboxylic acids is 1. The minimum atomic E-state index is -0.550. The number of aromatic nitrogens is 5. The Balaban J connectivity index is 1.69. The van der Waals surface area contributed by atoms with Crippen LogP contribution >= 0.6 is 27.3 Å². The fourth-order valence-electron chi connectivity index (χ4n) is 2.86. The van der Waals surface area contributed by atoms with Gasteiger partial charge in [-0.2, -0.15) is 0 Å². The lowest BCUT2D eigenvalue weighted by atomic mass is 10.3. The second-order valence-corrected chi connectivity index (χ2v) is 7.76. The van der Waals surface area contributed by atoms with Crippen molar-refractivity contribution in [3.63, 3.8) is 0 Å². The number of halogens is 2. The van der Waals surface area contributed by atoms with E-state index in [4.69, 9.17) is 0 Å². The highest BCUT2D eigenvalue weighted by Crippen LogP contribution is 2.26. The summed E-state index contributed by atoms with van der Waals surface area (Å²) in [6.07, 6.45) is 0. The Morgan fingerprint density at radius 3 is 2.75 bits per heavy atom. The van der Waals surface area contributed by atoms with Crippen molar-refractivity contribution in [3.05, 3.63) is 49.6 Å². The molecule has 12 heteroatoms. The molecule has 3 heterocycles. The molecule has 0 unspecified atom stereocenters. The molecule has 0 aliphatic rings. The zero-order chi connectivity index (χ0) is 20.2. The van der Waals surface area contributed by atoms with Crippen LogP contribution in [0.2, 0.25) is 0 Å². The molecular formula is C16H12BrFN6O3S. The van der Waals surface area contributed by atoms with E-state index in [2.05, 4.69) is 31.2 Å². The zero-order valence-corrected chi connectivity index (χ0v) is 17.0. The van der Waals surface area contributed by atoms with Gasteiger partial charge in [-0.3, -0.25) is 23.3 Å². The molecule has 0 radical (unpaired) electrons. The van der Waals surface area contributed by atoms with Crippen molar-refractivity contribution in [2.75, 3.05) is 5.32 Å². The number of hydrogen-bond acceptors (Lipinski definition) is 6. The summed E-state index contributed by atoms with van der Waals surface area (Å²) >= 11 is 4.37. The fourth-order valence-corrected chi connectivity index (χ4v) is 4.23. The topological polar surface area (TPSA) is 104 Å². The van der Waals surface area contributed by atoms with E-state index in [0.29, 0.717) is 15.3 Å². The van der Waals surface area contributed by atoms with Gasteiger partial charge >= 0.3 is 5.69 Å². The van der Waals surface area contributed by atoms with Gasteiger partial charge in [0.05, 0.1) is 10.2 Å². The lowest BCUT2D eigenvalue weighted by Gasteiger charge is -2.09. The molecule has 0 spiro atoms. The first-order valence-electron chi connectivity index (χ1n) is 7.94. The van der Waals surface area contributed by atoms with Crippen molar-refractivity contribution in [2.24, 2.45) is 14.1 Å². The molecule has 0 aliphatic carbocycles. The minimum Gasteiger partial charge on any atom is -0.300 e. The van der Waals surface area contributed by atoms with Crippen LogP contribution in [-0.2, 0) is 25.4 Å². The van der Waals surface area contributed by atoms with Crippen LogP contribution in [0.5, 0.6) is 0 Å². The lowest BCUT2D eigenvalue weighted by Crippen LogP contribution is -2.37. The summed E-state index contributed by atoms with van der Waals surface area (Å²) in [5.41, 5.74) is -0.214. The smallest absolute Gasteiger partial charge is 0.300 e. The summed E-state index contributed by atoms with van der Waals surface area (Å²) in [6.45, 7) is -0.207. The molecule has 0 bridgehead atoms. The minimum absolute atomic E-state index is 0.0692. The standard InChI is InChI=1S/C16H12BrFN6O3S/c1-22-12-11(13(26)23(2)16(22)27)21-14(17)24(12)6-10(25)20-15-19-8-4-3-7(18)5-9(8)28-15/h3-5H,6H2,1-2H3,(H,19,20,25). The summed E-state index contributed by atoms with van der Waals surface area (Å²) in [6, 6.07) is 4.17. The Morgan fingerprint density at radius 1 is 1.25 bits per heavy atom. The van der Waals surface area contributed by atoms with E-state index in [1.807, 2.05) is 0 Å². The van der Waals surface area contributed by atoms with E-state index in [1.165, 1.54) is 41.4 Å². The van der Waals surface area contributed by atoms with Crippen LogP contribution in [0.25, 0.3) is 21.4 Å². The molecule has 4 aromatic rings. The number of carbonyl (C=O) groups is 1. The van der Waals surface area contributed by atoms with E-state index in [0.717, 1.165) is 15.9 Å². The number of fused-ring (bicyclic) bond motifs is 2. The van der Waals surface area contributed by atoms with Crippen LogP contribution in [0.1, 0.15) is 0 Å². The fraction of sp³-hybridized carbons (Fsp3) is 0.188. The van der Waals surface area contributed by atoms with Crippen LogP contribution < -0.4 is 16.6 Å². The molecule has 0 aliphatic heterocycles. The molecule has 28 heavy (non-hydrogen) atoms. The lowest BCUT2D eigenvalue weighted by molar-refractivity contribution is -0.116. The van der Waals surface area contributed by atoms with E-state index >= 15 is 0 Å². The number of amides is 1. The first-order chi connectivity index (χ1) is 13.3. The highest BCUT2D eigenvalue weighted by molar-refractivity contribution is 9.10. The van der Waals surface area contributed by atoms with E-state index in [-0.39, 0.29) is 28.3 Å². The van der Waals surface area contributed by atoms with Crippen LogP contribution in [0.3, 0.4) is 0 Å². The van der Waals surface area contributed by atoms with Crippen LogP contribution in [0.15, 0.2) is 32.5 Å². The summed E-state index contributed by atoms with van der Waals surface area (Å²) in [5.74, 6) is -0.821. The number of thiazole rings is 1. The molecule has 1 N–H and O–H groups in total. The largest absolute Gasteiger partial charge is 0.332 e. The van der Waals surface area contributed by atoms with Crippen molar-refractivity contribution in [1.82, 2.24) is 23.7 Å². The van der Waals surface area contributed by atoms with Crippen LogP contribution in [0.4, 0.5) is 9.52 Å². The van der Waals surface area contributed by atoms with E-state index < -0.39 is 17.2 Å². The second-order valence-electron chi connectivity index (χ2n) is 6.02. The molecule has 4 rings (SSSR count). The normalized spacial score (nSPS) is 11.4. The maximum atomic E-state index is 13.3. The van der Waals surface area contributed by atoms with Gasteiger partial charge in [-0.25, -0.2) is 19.2 Å². The summed E-state index contributed by atoms with van der Waals surface area (Å²) in [5, 5.41) is 2.96. The predicted molar refractivity (Wildman–Crippen MR) is 106 cm³/mol. The van der Waals surface area contributed by atoms with E-state index in [1.54, 1.807) is 0 Å². The third-order valence-corrected chi connectivity index (χ3v) is 5.73. The highest BCUT2D eigenvalue weighted by Gasteiger charge is 2.20. The predicted octanol–water partition coefficient (Wildman–Crippen LogP) is 1.58. The third kappa shape index (κ3) is 2.94. The van der Waals surface area contributed by atoms with Gasteiger partial charge < -0.3 is 5.32 Å². The third-order valence-electron chi connectivity index (χ3n) is 4.19. The summed E-state index contributed by atoms with van der Waals surface area (Å²) in [4.78, 5) is 45.4. The van der Waals surface area contributed by atoms with E-state index in [9.17, 15) is 18.8 Å². The van der Waals surface area contributed by atoms with Gasteiger partial charge in [0.15, 0.2) is 21.0 Å². The molecule has 3 aromatic heterocycles. The van der Waals surface area contributed by atoms with Crippen molar-refractivity contribution in [3.8, 4) is 0 Å². The van der Waals surface area contributed by atoms with Gasteiger partial charge in [0.25, 0.3) is 5.56 Å². The number of rotatable bonds is 3. The maximum absolute atomic E-state index is 13.3. The highest BCUT2D eigenvalue weighted by atomic mass is 79.9. The molecular weight excluding hydrogens is 455 g/mol.